The van der Waals surface area contributed by atoms with Crippen molar-refractivity contribution in [3.05, 3.63) is 0 Å². The highest BCUT2D eigenvalue weighted by molar-refractivity contribution is 9.09. The van der Waals surface area contributed by atoms with Crippen LogP contribution in [0.25, 0.3) is 0 Å². The Morgan fingerprint density at radius 1 is 0.900 bits per heavy atom. The number of carbonyl (C=O) groups is 1. The van der Waals surface area contributed by atoms with Gasteiger partial charge in [-0.3, -0.25) is 4.79 Å². The minimum Gasteiger partial charge on any atom is -0.466 e. The van der Waals surface area contributed by atoms with Gasteiger partial charge in [-0.1, -0.05) is 74.7 Å². The number of unbranched alkanes of at least 4 members (excludes halogenated alkanes) is 7. The fourth-order valence-electron chi connectivity index (χ4n) is 2.16. The maximum absolute atomic E-state index is 11.4. The van der Waals surface area contributed by atoms with E-state index in [0.717, 1.165) is 36.9 Å². The lowest BCUT2D eigenvalue weighted by Crippen LogP contribution is -2.05. The third kappa shape index (κ3) is 16.0. The van der Waals surface area contributed by atoms with Crippen LogP contribution >= 0.6 is 15.9 Å². The summed E-state index contributed by atoms with van der Waals surface area (Å²) in [7, 11) is 0. The van der Waals surface area contributed by atoms with Crippen molar-refractivity contribution in [1.29, 1.82) is 0 Å². The van der Waals surface area contributed by atoms with Gasteiger partial charge in [-0.05, 0) is 25.2 Å². The summed E-state index contributed by atoms with van der Waals surface area (Å²) in [6.45, 7) is 5.19. The van der Waals surface area contributed by atoms with Crippen molar-refractivity contribution in [2.24, 2.45) is 5.92 Å². The largest absolute Gasteiger partial charge is 0.466 e. The first kappa shape index (κ1) is 19.9. The molecular weight excluding hydrogens is 316 g/mol. The van der Waals surface area contributed by atoms with Crippen molar-refractivity contribution in [1.82, 2.24) is 0 Å². The van der Waals surface area contributed by atoms with Crippen LogP contribution in [-0.4, -0.2) is 17.9 Å². The van der Waals surface area contributed by atoms with Crippen LogP contribution in [0, 0.1) is 5.92 Å². The summed E-state index contributed by atoms with van der Waals surface area (Å²) >= 11 is 3.39. The molecule has 0 amide bonds. The Balaban J connectivity index is 3.13. The first-order valence-corrected chi connectivity index (χ1v) is 9.50. The van der Waals surface area contributed by atoms with Crippen LogP contribution < -0.4 is 0 Å². The molecule has 0 heterocycles. The average Bonchev–Trinajstić information content (AvgIpc) is 2.41. The Labute approximate surface area is 134 Å². The van der Waals surface area contributed by atoms with E-state index in [1.165, 1.54) is 38.5 Å². The topological polar surface area (TPSA) is 26.3 Å². The van der Waals surface area contributed by atoms with Gasteiger partial charge < -0.3 is 4.74 Å². The first-order chi connectivity index (χ1) is 9.66. The summed E-state index contributed by atoms with van der Waals surface area (Å²) < 4.78 is 5.23. The molecule has 0 bridgehead atoms. The van der Waals surface area contributed by atoms with Crippen molar-refractivity contribution in [2.75, 3.05) is 11.9 Å². The van der Waals surface area contributed by atoms with Gasteiger partial charge >= 0.3 is 5.97 Å². The van der Waals surface area contributed by atoms with E-state index in [-0.39, 0.29) is 5.97 Å². The molecule has 120 valence electrons. The maximum Gasteiger partial charge on any atom is 0.305 e. The monoisotopic (exact) mass is 348 g/mol. The predicted molar refractivity (Wildman–Crippen MR) is 90.4 cm³/mol. The second-order valence-corrected chi connectivity index (χ2v) is 6.82. The van der Waals surface area contributed by atoms with Crippen LogP contribution in [-0.2, 0) is 9.53 Å². The Kier molecular flexibility index (Phi) is 15.3. The predicted octanol–water partition coefficient (Wildman–Crippen LogP) is 5.87. The van der Waals surface area contributed by atoms with E-state index in [2.05, 4.69) is 29.8 Å². The van der Waals surface area contributed by atoms with E-state index in [9.17, 15) is 4.79 Å². The molecule has 0 aromatic rings. The molecule has 0 unspecified atom stereocenters. The average molecular weight is 349 g/mol. The molecule has 0 saturated heterocycles. The van der Waals surface area contributed by atoms with Crippen LogP contribution in [0.5, 0.6) is 0 Å². The summed E-state index contributed by atoms with van der Waals surface area (Å²) in [5.74, 6) is 0.820. The quantitative estimate of drug-likeness (QED) is 0.223. The van der Waals surface area contributed by atoms with Gasteiger partial charge in [0.05, 0.1) is 6.61 Å². The van der Waals surface area contributed by atoms with E-state index in [1.807, 2.05) is 0 Å². The summed E-state index contributed by atoms with van der Waals surface area (Å²) in [5.41, 5.74) is 0. The Morgan fingerprint density at radius 3 is 2.15 bits per heavy atom. The minimum atomic E-state index is -0.0171. The number of carbonyl (C=O) groups excluding carboxylic acids is 1. The molecule has 0 aromatic carbocycles. The highest BCUT2D eigenvalue weighted by Gasteiger charge is 2.02. The van der Waals surface area contributed by atoms with E-state index < -0.39 is 0 Å². The molecule has 0 aliphatic heterocycles. The Bertz CT molecular complexity index is 217. The van der Waals surface area contributed by atoms with Crippen LogP contribution in [0.2, 0.25) is 0 Å². The molecule has 0 aromatic heterocycles. The van der Waals surface area contributed by atoms with Crippen LogP contribution in [0.15, 0.2) is 0 Å². The second-order valence-electron chi connectivity index (χ2n) is 6.02. The number of alkyl halides is 1. The highest BCUT2D eigenvalue weighted by atomic mass is 79.9. The molecule has 0 spiro atoms. The van der Waals surface area contributed by atoms with Gasteiger partial charge in [0.2, 0.25) is 0 Å². The van der Waals surface area contributed by atoms with E-state index in [1.54, 1.807) is 0 Å². The second kappa shape index (κ2) is 15.3. The fourth-order valence-corrected chi connectivity index (χ4v) is 2.56. The van der Waals surface area contributed by atoms with Crippen LogP contribution in [0.1, 0.15) is 84.5 Å². The van der Waals surface area contributed by atoms with Crippen LogP contribution in [0.3, 0.4) is 0 Å². The normalized spacial score (nSPS) is 11.0. The SMILES string of the molecule is CC(C)CCCCCCCCOC(=O)CCCCCBr. The number of halogens is 1. The number of rotatable bonds is 14. The minimum absolute atomic E-state index is 0.0171. The van der Waals surface area contributed by atoms with Gasteiger partial charge in [0.25, 0.3) is 0 Å². The number of hydrogen-bond donors (Lipinski definition) is 0. The van der Waals surface area contributed by atoms with Gasteiger partial charge in [-0.25, -0.2) is 0 Å². The van der Waals surface area contributed by atoms with Crippen molar-refractivity contribution < 1.29 is 9.53 Å². The summed E-state index contributed by atoms with van der Waals surface area (Å²) in [6.07, 6.45) is 12.7. The highest BCUT2D eigenvalue weighted by Crippen LogP contribution is 2.11. The molecule has 0 fully saturated rings. The van der Waals surface area contributed by atoms with Crippen molar-refractivity contribution in [2.45, 2.75) is 84.5 Å². The third-order valence-electron chi connectivity index (χ3n) is 3.45. The molecule has 0 rings (SSSR count). The number of hydrogen-bond acceptors (Lipinski definition) is 2. The number of ether oxygens (including phenoxy) is 1. The van der Waals surface area contributed by atoms with E-state index in [4.69, 9.17) is 4.74 Å². The molecule has 0 atom stereocenters. The van der Waals surface area contributed by atoms with Crippen LogP contribution in [0.4, 0.5) is 0 Å². The molecule has 0 saturated carbocycles. The molecule has 20 heavy (non-hydrogen) atoms. The molecule has 0 aliphatic carbocycles. The molecular formula is C17H33BrO2. The van der Waals surface area contributed by atoms with Gasteiger partial charge in [-0.2, -0.15) is 0 Å². The van der Waals surface area contributed by atoms with Gasteiger partial charge in [-0.15, -0.1) is 0 Å². The zero-order chi connectivity index (χ0) is 15.1. The maximum atomic E-state index is 11.4. The van der Waals surface area contributed by atoms with E-state index in [0.29, 0.717) is 13.0 Å². The Morgan fingerprint density at radius 2 is 1.50 bits per heavy atom. The van der Waals surface area contributed by atoms with Crippen molar-refractivity contribution in [3.63, 3.8) is 0 Å². The summed E-state index contributed by atoms with van der Waals surface area (Å²) in [6, 6.07) is 0. The van der Waals surface area contributed by atoms with Crippen molar-refractivity contribution >= 4 is 21.9 Å². The smallest absolute Gasteiger partial charge is 0.305 e. The standard InChI is InChI=1S/C17H33BrO2/c1-16(2)12-8-5-3-4-6-11-15-20-17(19)13-9-7-10-14-18/h16H,3-15H2,1-2H3. The first-order valence-electron chi connectivity index (χ1n) is 8.38. The molecule has 2 nitrogen and oxygen atoms in total. The Hall–Kier alpha value is -0.0500. The molecule has 0 radical (unpaired) electrons. The molecule has 0 aliphatic rings. The lowest BCUT2D eigenvalue weighted by molar-refractivity contribution is -0.143. The summed E-state index contributed by atoms with van der Waals surface area (Å²) in [5, 5.41) is 1.03. The zero-order valence-corrected chi connectivity index (χ0v) is 15.1. The lowest BCUT2D eigenvalue weighted by atomic mass is 10.0. The van der Waals surface area contributed by atoms with Gasteiger partial charge in [0.15, 0.2) is 0 Å². The van der Waals surface area contributed by atoms with E-state index >= 15 is 0 Å². The molecule has 3 heteroatoms. The molecule has 0 N–H and O–H groups in total. The lowest BCUT2D eigenvalue weighted by Gasteiger charge is -2.06. The van der Waals surface area contributed by atoms with Gasteiger partial charge in [0, 0.05) is 11.8 Å². The number of esters is 1. The third-order valence-corrected chi connectivity index (χ3v) is 4.01. The zero-order valence-electron chi connectivity index (χ0n) is 13.5. The summed E-state index contributed by atoms with van der Waals surface area (Å²) in [4.78, 5) is 11.4. The fraction of sp³-hybridized carbons (Fsp3) is 0.941. The van der Waals surface area contributed by atoms with Gasteiger partial charge in [0.1, 0.15) is 0 Å². The van der Waals surface area contributed by atoms with Crippen molar-refractivity contribution in [3.8, 4) is 0 Å².